The molecule has 1 aliphatic rings. The Bertz CT molecular complexity index is 802. The molecule has 0 atom stereocenters. The molecule has 1 fully saturated rings. The molecule has 0 amide bonds. The van der Waals surface area contributed by atoms with E-state index in [1.165, 1.54) is 30.2 Å². The predicted octanol–water partition coefficient (Wildman–Crippen LogP) is 4.16. The highest BCUT2D eigenvalue weighted by atomic mass is 19.1. The maximum Gasteiger partial charge on any atom is 0.217 e. The van der Waals surface area contributed by atoms with Crippen LogP contribution in [0.1, 0.15) is 39.0 Å². The van der Waals surface area contributed by atoms with Gasteiger partial charge in [0, 0.05) is 37.8 Å². The molecule has 0 radical (unpaired) electrons. The summed E-state index contributed by atoms with van der Waals surface area (Å²) in [6.07, 6.45) is 5.73. The maximum atomic E-state index is 14.6. The smallest absolute Gasteiger partial charge is 0.217 e. The number of carbonyl (C=O) groups excluding carboxylic acids is 1. The van der Waals surface area contributed by atoms with Crippen LogP contribution >= 0.6 is 0 Å². The van der Waals surface area contributed by atoms with Crippen molar-refractivity contribution in [2.75, 3.05) is 18.5 Å². The fourth-order valence-electron chi connectivity index (χ4n) is 2.94. The summed E-state index contributed by atoms with van der Waals surface area (Å²) in [5.74, 6) is -0.694. The van der Waals surface area contributed by atoms with Crippen LogP contribution in [-0.2, 0) is 4.79 Å². The third-order valence-electron chi connectivity index (χ3n) is 4.65. The van der Waals surface area contributed by atoms with Gasteiger partial charge in [0.15, 0.2) is 5.82 Å². The SMILES string of the molecule is CC(=O)CCCN(C)c1c(F)cc(-c2nccc(OC3CCC3)n2)cc1F. The first-order chi connectivity index (χ1) is 12.9. The van der Waals surface area contributed by atoms with Gasteiger partial charge in [-0.2, -0.15) is 4.98 Å². The molecular weight excluding hydrogens is 352 g/mol. The third kappa shape index (κ3) is 4.78. The van der Waals surface area contributed by atoms with Gasteiger partial charge in [0.25, 0.3) is 0 Å². The van der Waals surface area contributed by atoms with E-state index in [1.54, 1.807) is 13.1 Å². The van der Waals surface area contributed by atoms with Crippen molar-refractivity contribution in [2.24, 2.45) is 0 Å². The topological polar surface area (TPSA) is 55.3 Å². The normalized spacial score (nSPS) is 13.9. The van der Waals surface area contributed by atoms with Crippen LogP contribution in [0.25, 0.3) is 11.4 Å². The number of Topliss-reactive ketones (excluding diaryl/α,β-unsaturated/α-hetero) is 1. The lowest BCUT2D eigenvalue weighted by Gasteiger charge is -2.25. The highest BCUT2D eigenvalue weighted by Gasteiger charge is 2.21. The molecule has 3 rings (SSSR count). The number of hydrogen-bond donors (Lipinski definition) is 0. The molecule has 0 spiro atoms. The first-order valence-corrected chi connectivity index (χ1v) is 9.13. The van der Waals surface area contributed by atoms with E-state index in [1.807, 2.05) is 0 Å². The molecule has 7 heteroatoms. The zero-order valence-electron chi connectivity index (χ0n) is 15.5. The molecule has 5 nitrogen and oxygen atoms in total. The van der Waals surface area contributed by atoms with E-state index in [9.17, 15) is 13.6 Å². The van der Waals surface area contributed by atoms with Gasteiger partial charge < -0.3 is 14.4 Å². The maximum absolute atomic E-state index is 14.6. The van der Waals surface area contributed by atoms with Gasteiger partial charge in [-0.05, 0) is 44.7 Å². The number of hydrogen-bond acceptors (Lipinski definition) is 5. The van der Waals surface area contributed by atoms with Crippen LogP contribution in [0.2, 0.25) is 0 Å². The lowest BCUT2D eigenvalue weighted by atomic mass is 9.96. The molecule has 0 N–H and O–H groups in total. The molecule has 1 saturated carbocycles. The third-order valence-corrected chi connectivity index (χ3v) is 4.65. The summed E-state index contributed by atoms with van der Waals surface area (Å²) >= 11 is 0. The minimum atomic E-state index is -0.691. The quantitative estimate of drug-likeness (QED) is 0.693. The lowest BCUT2D eigenvalue weighted by molar-refractivity contribution is -0.117. The fraction of sp³-hybridized carbons (Fsp3) is 0.450. The molecule has 1 aromatic carbocycles. The van der Waals surface area contributed by atoms with Crippen LogP contribution < -0.4 is 9.64 Å². The molecule has 27 heavy (non-hydrogen) atoms. The Morgan fingerprint density at radius 3 is 2.59 bits per heavy atom. The highest BCUT2D eigenvalue weighted by Crippen LogP contribution is 2.29. The predicted molar refractivity (Wildman–Crippen MR) is 98.8 cm³/mol. The Kier molecular flexibility index (Phi) is 5.98. The van der Waals surface area contributed by atoms with Crippen molar-refractivity contribution in [2.45, 2.75) is 45.1 Å². The van der Waals surface area contributed by atoms with Gasteiger partial charge in [-0.3, -0.25) is 0 Å². The number of nitrogens with zero attached hydrogens (tertiary/aromatic N) is 3. The average Bonchev–Trinajstić information content (AvgIpc) is 2.57. The summed E-state index contributed by atoms with van der Waals surface area (Å²) in [6.45, 7) is 1.88. The minimum absolute atomic E-state index is 0.0563. The monoisotopic (exact) mass is 375 g/mol. The average molecular weight is 375 g/mol. The Labute approximate surface area is 157 Å². The van der Waals surface area contributed by atoms with Crippen LogP contribution in [0.3, 0.4) is 0 Å². The molecule has 0 saturated heterocycles. The second kappa shape index (κ2) is 8.41. The van der Waals surface area contributed by atoms with E-state index in [4.69, 9.17) is 4.74 Å². The molecule has 0 bridgehead atoms. The van der Waals surface area contributed by atoms with E-state index in [-0.39, 0.29) is 29.0 Å². The van der Waals surface area contributed by atoms with E-state index in [0.29, 0.717) is 25.3 Å². The summed E-state index contributed by atoms with van der Waals surface area (Å²) < 4.78 is 34.9. The van der Waals surface area contributed by atoms with Crippen LogP contribution in [0.4, 0.5) is 14.5 Å². The number of carbonyl (C=O) groups is 1. The van der Waals surface area contributed by atoms with Crippen LogP contribution in [-0.4, -0.2) is 35.4 Å². The van der Waals surface area contributed by atoms with Crippen molar-refractivity contribution in [3.8, 4) is 17.3 Å². The van der Waals surface area contributed by atoms with Crippen LogP contribution in [0.15, 0.2) is 24.4 Å². The fourth-order valence-corrected chi connectivity index (χ4v) is 2.94. The number of ether oxygens (including phenoxy) is 1. The molecular formula is C20H23F2N3O2. The van der Waals surface area contributed by atoms with Crippen molar-refractivity contribution in [1.29, 1.82) is 0 Å². The number of anilines is 1. The summed E-state index contributed by atoms with van der Waals surface area (Å²) in [5.41, 5.74) is 0.133. The zero-order valence-corrected chi connectivity index (χ0v) is 15.5. The van der Waals surface area contributed by atoms with Gasteiger partial charge in [-0.15, -0.1) is 0 Å². The number of benzene rings is 1. The van der Waals surface area contributed by atoms with Crippen molar-refractivity contribution in [1.82, 2.24) is 9.97 Å². The summed E-state index contributed by atoms with van der Waals surface area (Å²) in [7, 11) is 1.60. The Morgan fingerprint density at radius 2 is 2.00 bits per heavy atom. The van der Waals surface area contributed by atoms with Gasteiger partial charge in [0.1, 0.15) is 29.2 Å². The lowest BCUT2D eigenvalue weighted by Crippen LogP contribution is -2.25. The summed E-state index contributed by atoms with van der Waals surface area (Å²) in [6, 6.07) is 4.09. The Hall–Kier alpha value is -2.57. The largest absolute Gasteiger partial charge is 0.474 e. The second-order valence-corrected chi connectivity index (χ2v) is 6.90. The highest BCUT2D eigenvalue weighted by molar-refractivity contribution is 5.75. The number of rotatable bonds is 8. The molecule has 1 heterocycles. The van der Waals surface area contributed by atoms with E-state index in [2.05, 4.69) is 9.97 Å². The van der Waals surface area contributed by atoms with Crippen molar-refractivity contribution >= 4 is 11.5 Å². The molecule has 0 aliphatic heterocycles. The zero-order chi connectivity index (χ0) is 19.4. The number of halogens is 2. The standard InChI is InChI=1S/C20H23F2N3O2/c1-13(26)5-4-10-25(2)19-16(21)11-14(12-17(19)22)20-23-9-8-18(24-20)27-15-6-3-7-15/h8-9,11-12,15H,3-7,10H2,1-2H3. The Balaban J connectivity index is 1.77. The molecule has 1 aliphatic carbocycles. The van der Waals surface area contributed by atoms with Gasteiger partial charge >= 0.3 is 0 Å². The van der Waals surface area contributed by atoms with Crippen molar-refractivity contribution in [3.63, 3.8) is 0 Å². The molecule has 144 valence electrons. The van der Waals surface area contributed by atoms with E-state index >= 15 is 0 Å². The van der Waals surface area contributed by atoms with Crippen LogP contribution in [0.5, 0.6) is 5.88 Å². The summed E-state index contributed by atoms with van der Waals surface area (Å²) in [4.78, 5) is 20.9. The van der Waals surface area contributed by atoms with Crippen molar-refractivity contribution < 1.29 is 18.3 Å². The van der Waals surface area contributed by atoms with E-state index in [0.717, 1.165) is 19.3 Å². The second-order valence-electron chi connectivity index (χ2n) is 6.90. The molecule has 1 aromatic heterocycles. The molecule has 0 unspecified atom stereocenters. The first kappa shape index (κ1) is 19.2. The van der Waals surface area contributed by atoms with Gasteiger partial charge in [0.05, 0.1) is 0 Å². The van der Waals surface area contributed by atoms with E-state index < -0.39 is 11.6 Å². The Morgan fingerprint density at radius 1 is 1.30 bits per heavy atom. The van der Waals surface area contributed by atoms with Gasteiger partial charge in [0.2, 0.25) is 5.88 Å². The summed E-state index contributed by atoms with van der Waals surface area (Å²) in [5, 5.41) is 0. The first-order valence-electron chi connectivity index (χ1n) is 9.13. The molecule has 2 aromatic rings. The number of aromatic nitrogens is 2. The van der Waals surface area contributed by atoms with Crippen molar-refractivity contribution in [3.05, 3.63) is 36.0 Å². The van der Waals surface area contributed by atoms with Gasteiger partial charge in [-0.25, -0.2) is 13.8 Å². The minimum Gasteiger partial charge on any atom is -0.474 e. The van der Waals surface area contributed by atoms with Crippen LogP contribution in [0, 0.1) is 11.6 Å². The number of ketones is 1. The van der Waals surface area contributed by atoms with Gasteiger partial charge in [-0.1, -0.05) is 0 Å².